The predicted octanol–water partition coefficient (Wildman–Crippen LogP) is 6.04. The van der Waals surface area contributed by atoms with Crippen LogP contribution >= 0.6 is 11.8 Å². The molecule has 1 atom stereocenters. The largest absolute Gasteiger partial charge is 0.222 e. The van der Waals surface area contributed by atoms with E-state index in [1.54, 1.807) is 12.1 Å². The van der Waals surface area contributed by atoms with Crippen molar-refractivity contribution in [2.75, 3.05) is 6.26 Å². The first-order valence-electron chi connectivity index (χ1n) is 9.35. The molecule has 0 saturated carbocycles. The van der Waals surface area contributed by atoms with Crippen LogP contribution in [0.3, 0.4) is 0 Å². The van der Waals surface area contributed by atoms with Crippen molar-refractivity contribution in [3.63, 3.8) is 0 Å². The Bertz CT molecular complexity index is 768. The van der Waals surface area contributed by atoms with Gasteiger partial charge in [0.25, 0.3) is 0 Å². The summed E-state index contributed by atoms with van der Waals surface area (Å²) in [6.45, 7) is 4.15. The number of sulfone groups is 1. The molecule has 2 nitrogen and oxygen atoms in total. The fraction of sp³-hybridized carbons (Fsp3) is 0.455. The minimum atomic E-state index is -3.45. The first-order valence-corrected chi connectivity index (χ1v) is 12.1. The van der Waals surface area contributed by atoms with Gasteiger partial charge in [-0.1, -0.05) is 80.6 Å². The van der Waals surface area contributed by atoms with E-state index in [4.69, 9.17) is 0 Å². The van der Waals surface area contributed by atoms with Crippen LogP contribution in [0.15, 0.2) is 59.5 Å². The van der Waals surface area contributed by atoms with E-state index in [-0.39, 0.29) is 0 Å². The van der Waals surface area contributed by atoms with E-state index in [0.29, 0.717) is 17.7 Å². The van der Waals surface area contributed by atoms with Gasteiger partial charge in [0.2, 0.25) is 0 Å². The van der Waals surface area contributed by atoms with Crippen LogP contribution in [0.4, 0.5) is 0 Å². The Balaban J connectivity index is 2.41. The van der Waals surface area contributed by atoms with Gasteiger partial charge in [0.1, 0.15) is 4.08 Å². The lowest BCUT2D eigenvalue weighted by molar-refractivity contribution is 0.535. The maximum atomic E-state index is 13.6. The Kier molecular flexibility index (Phi) is 7.78. The normalized spacial score (nSPS) is 14.1. The Morgan fingerprint density at radius 3 is 2.15 bits per heavy atom. The summed E-state index contributed by atoms with van der Waals surface area (Å²) in [6, 6.07) is 17.3. The molecule has 4 heteroatoms. The lowest BCUT2D eigenvalue weighted by Gasteiger charge is -2.32. The Labute approximate surface area is 163 Å². The van der Waals surface area contributed by atoms with Crippen LogP contribution in [0, 0.1) is 6.92 Å². The van der Waals surface area contributed by atoms with Gasteiger partial charge < -0.3 is 0 Å². The van der Waals surface area contributed by atoms with E-state index >= 15 is 0 Å². The van der Waals surface area contributed by atoms with Crippen molar-refractivity contribution in [2.45, 2.75) is 61.3 Å². The van der Waals surface area contributed by atoms with Crippen LogP contribution in [-0.2, 0) is 16.3 Å². The topological polar surface area (TPSA) is 34.1 Å². The SMILES string of the molecule is CCCCCCC(Cc1ccccc1)(SC)S(=O)(=O)c1ccc(C)cc1. The standard InChI is InChI=1S/C22H30O2S2/c1-4-5-6-10-17-22(25-3,18-20-11-8-7-9-12-20)26(23,24)21-15-13-19(2)14-16-21/h7-9,11-16H,4-6,10,17-18H2,1-3H3. The van der Waals surface area contributed by atoms with Gasteiger partial charge in [0.15, 0.2) is 9.84 Å². The quantitative estimate of drug-likeness (QED) is 0.464. The van der Waals surface area contributed by atoms with E-state index < -0.39 is 13.9 Å². The Morgan fingerprint density at radius 1 is 0.923 bits per heavy atom. The number of unbranched alkanes of at least 4 members (excludes halogenated alkanes) is 3. The summed E-state index contributed by atoms with van der Waals surface area (Å²) in [7, 11) is -3.45. The lowest BCUT2D eigenvalue weighted by atomic mass is 10.0. The summed E-state index contributed by atoms with van der Waals surface area (Å²) in [6.07, 6.45) is 7.48. The van der Waals surface area contributed by atoms with Gasteiger partial charge in [-0.05, 0) is 37.3 Å². The monoisotopic (exact) mass is 390 g/mol. The van der Waals surface area contributed by atoms with Crippen molar-refractivity contribution >= 4 is 21.6 Å². The molecule has 1 unspecified atom stereocenters. The molecule has 0 bridgehead atoms. The second-order valence-corrected chi connectivity index (χ2v) is 10.6. The summed E-state index contributed by atoms with van der Waals surface area (Å²) in [5, 5.41) is 0. The highest BCUT2D eigenvalue weighted by molar-refractivity contribution is 8.14. The number of hydrogen-bond acceptors (Lipinski definition) is 3. The average molecular weight is 391 g/mol. The van der Waals surface area contributed by atoms with Gasteiger partial charge in [-0.15, -0.1) is 11.8 Å². The molecule has 0 fully saturated rings. The van der Waals surface area contributed by atoms with Gasteiger partial charge in [0.05, 0.1) is 4.90 Å². The highest BCUT2D eigenvalue weighted by Crippen LogP contribution is 2.42. The third kappa shape index (κ3) is 4.92. The zero-order valence-corrected chi connectivity index (χ0v) is 17.7. The van der Waals surface area contributed by atoms with Crippen LogP contribution in [-0.4, -0.2) is 18.8 Å². The summed E-state index contributed by atoms with van der Waals surface area (Å²) in [4.78, 5) is 0.434. The van der Waals surface area contributed by atoms with E-state index in [0.717, 1.165) is 36.8 Å². The van der Waals surface area contributed by atoms with Crippen LogP contribution < -0.4 is 0 Å². The van der Waals surface area contributed by atoms with E-state index in [9.17, 15) is 8.42 Å². The van der Waals surface area contributed by atoms with Crippen LogP contribution in [0.5, 0.6) is 0 Å². The molecule has 0 heterocycles. The fourth-order valence-electron chi connectivity index (χ4n) is 3.26. The fourth-order valence-corrected chi connectivity index (χ4v) is 6.78. The van der Waals surface area contributed by atoms with Crippen molar-refractivity contribution in [1.82, 2.24) is 0 Å². The smallest absolute Gasteiger partial charge is 0.193 e. The number of hydrogen-bond donors (Lipinski definition) is 0. The third-order valence-electron chi connectivity index (χ3n) is 4.92. The summed E-state index contributed by atoms with van der Waals surface area (Å²) >= 11 is 1.49. The van der Waals surface area contributed by atoms with Crippen molar-refractivity contribution in [2.24, 2.45) is 0 Å². The summed E-state index contributed by atoms with van der Waals surface area (Å²) < 4.78 is 26.5. The number of aryl methyl sites for hydroxylation is 1. The molecule has 2 rings (SSSR count). The van der Waals surface area contributed by atoms with Crippen LogP contribution in [0.25, 0.3) is 0 Å². The third-order valence-corrected chi connectivity index (χ3v) is 9.39. The van der Waals surface area contributed by atoms with Crippen molar-refractivity contribution < 1.29 is 8.42 Å². The molecule has 2 aromatic rings. The minimum absolute atomic E-state index is 0.434. The molecule has 0 amide bonds. The predicted molar refractivity (Wildman–Crippen MR) is 114 cm³/mol. The Morgan fingerprint density at radius 2 is 1.58 bits per heavy atom. The Hall–Kier alpha value is -1.26. The zero-order valence-electron chi connectivity index (χ0n) is 16.1. The van der Waals surface area contributed by atoms with Crippen molar-refractivity contribution in [3.8, 4) is 0 Å². The number of thioether (sulfide) groups is 1. The molecule has 0 saturated heterocycles. The molecule has 0 aromatic heterocycles. The highest BCUT2D eigenvalue weighted by atomic mass is 32.3. The molecule has 0 aliphatic carbocycles. The lowest BCUT2D eigenvalue weighted by Crippen LogP contribution is -2.37. The summed E-state index contributed by atoms with van der Waals surface area (Å²) in [5.74, 6) is 0. The molecule has 0 radical (unpaired) electrons. The molecule has 142 valence electrons. The first-order chi connectivity index (χ1) is 12.4. The molecule has 0 aliphatic rings. The van der Waals surface area contributed by atoms with E-state index in [2.05, 4.69) is 6.92 Å². The van der Waals surface area contributed by atoms with Gasteiger partial charge in [0, 0.05) is 6.42 Å². The molecular weight excluding hydrogens is 360 g/mol. The van der Waals surface area contributed by atoms with Gasteiger partial charge >= 0.3 is 0 Å². The number of benzene rings is 2. The summed E-state index contributed by atoms with van der Waals surface area (Å²) in [5.41, 5.74) is 2.15. The molecule has 0 aliphatic heterocycles. The van der Waals surface area contributed by atoms with Gasteiger partial charge in [-0.3, -0.25) is 0 Å². The molecule has 0 spiro atoms. The molecule has 26 heavy (non-hydrogen) atoms. The molecule has 2 aromatic carbocycles. The van der Waals surface area contributed by atoms with Crippen LogP contribution in [0.1, 0.15) is 50.2 Å². The molecular formula is C22H30O2S2. The number of rotatable bonds is 10. The average Bonchev–Trinajstić information content (AvgIpc) is 2.65. The maximum Gasteiger partial charge on any atom is 0.193 e. The first kappa shape index (κ1) is 21.0. The minimum Gasteiger partial charge on any atom is -0.222 e. The van der Waals surface area contributed by atoms with E-state index in [1.807, 2.05) is 55.6 Å². The zero-order chi connectivity index (χ0) is 19.0. The van der Waals surface area contributed by atoms with Gasteiger partial charge in [-0.2, -0.15) is 0 Å². The molecule has 0 N–H and O–H groups in total. The maximum absolute atomic E-state index is 13.6. The van der Waals surface area contributed by atoms with Crippen molar-refractivity contribution in [1.29, 1.82) is 0 Å². The second-order valence-electron chi connectivity index (χ2n) is 6.90. The second kappa shape index (κ2) is 9.61. The van der Waals surface area contributed by atoms with Crippen molar-refractivity contribution in [3.05, 3.63) is 65.7 Å². The van der Waals surface area contributed by atoms with E-state index in [1.165, 1.54) is 11.8 Å². The highest BCUT2D eigenvalue weighted by Gasteiger charge is 2.43. The van der Waals surface area contributed by atoms with Gasteiger partial charge in [-0.25, -0.2) is 8.42 Å². The van der Waals surface area contributed by atoms with Crippen LogP contribution in [0.2, 0.25) is 0 Å².